The normalized spacial score (nSPS) is 17.4. The summed E-state index contributed by atoms with van der Waals surface area (Å²) in [6.07, 6.45) is 5.49. The lowest BCUT2D eigenvalue weighted by Gasteiger charge is -2.32. The molecular weight excluding hydrogens is 350 g/mol. The minimum absolute atomic E-state index is 0.0575. The van der Waals surface area contributed by atoms with Gasteiger partial charge in [-0.2, -0.15) is 5.10 Å². The van der Waals surface area contributed by atoms with Gasteiger partial charge in [-0.05, 0) is 42.5 Å². The zero-order valence-electron chi connectivity index (χ0n) is 15.9. The minimum Gasteiger partial charge on any atom is -0.351 e. The molecule has 6 nitrogen and oxygen atoms in total. The van der Waals surface area contributed by atoms with Crippen molar-refractivity contribution in [2.45, 2.75) is 25.3 Å². The predicted octanol–water partition coefficient (Wildman–Crippen LogP) is 2.76. The number of nitrogens with zero attached hydrogens (tertiary/aromatic N) is 4. The number of carbonyl (C=O) groups is 1. The molecule has 1 amide bonds. The summed E-state index contributed by atoms with van der Waals surface area (Å²) in [4.78, 5) is 18.8. The molecule has 1 aliphatic rings. The van der Waals surface area contributed by atoms with Crippen molar-refractivity contribution in [2.75, 3.05) is 19.6 Å². The van der Waals surface area contributed by atoms with Crippen LogP contribution in [0.4, 0.5) is 0 Å². The Morgan fingerprint density at radius 1 is 1.11 bits per heavy atom. The van der Waals surface area contributed by atoms with Gasteiger partial charge in [0, 0.05) is 13.1 Å². The Kier molecular flexibility index (Phi) is 5.77. The summed E-state index contributed by atoms with van der Waals surface area (Å²) in [5.74, 6) is 0.567. The van der Waals surface area contributed by atoms with E-state index in [-0.39, 0.29) is 5.91 Å². The molecule has 2 aromatic carbocycles. The zero-order chi connectivity index (χ0) is 19.2. The van der Waals surface area contributed by atoms with Crippen LogP contribution in [0.15, 0.2) is 67.3 Å². The molecule has 1 aliphatic heterocycles. The molecule has 2 heterocycles. The molecule has 6 heteroatoms. The molecule has 1 atom stereocenters. The highest BCUT2D eigenvalue weighted by Gasteiger charge is 2.22. The maximum Gasteiger partial charge on any atom is 0.234 e. The monoisotopic (exact) mass is 375 g/mol. The van der Waals surface area contributed by atoms with Gasteiger partial charge in [0.15, 0.2) is 0 Å². The number of aromatic nitrogens is 3. The van der Waals surface area contributed by atoms with Gasteiger partial charge in [0.05, 0.1) is 12.2 Å². The Labute approximate surface area is 165 Å². The third-order valence-electron chi connectivity index (χ3n) is 5.28. The summed E-state index contributed by atoms with van der Waals surface area (Å²) < 4.78 is 1.72. The molecule has 1 saturated heterocycles. The molecule has 3 aromatic rings. The van der Waals surface area contributed by atoms with Crippen LogP contribution >= 0.6 is 0 Å². The number of para-hydroxylation sites is 1. The van der Waals surface area contributed by atoms with Crippen LogP contribution in [0, 0.1) is 0 Å². The molecule has 1 aromatic heterocycles. The Bertz CT molecular complexity index is 894. The number of benzene rings is 2. The summed E-state index contributed by atoms with van der Waals surface area (Å²) in [6, 6.07) is 18.5. The molecule has 4 rings (SSSR count). The number of carbonyl (C=O) groups excluding carboxylic acids is 1. The quantitative estimate of drug-likeness (QED) is 0.720. The second kappa shape index (κ2) is 8.80. The molecule has 0 bridgehead atoms. The molecule has 0 aliphatic carbocycles. The third-order valence-corrected chi connectivity index (χ3v) is 5.28. The predicted molar refractivity (Wildman–Crippen MR) is 108 cm³/mol. The van der Waals surface area contributed by atoms with E-state index >= 15 is 0 Å². The third kappa shape index (κ3) is 4.46. The summed E-state index contributed by atoms with van der Waals surface area (Å²) >= 11 is 0. The number of likely N-dealkylation sites (tertiary alicyclic amines) is 1. The van der Waals surface area contributed by atoms with Gasteiger partial charge < -0.3 is 5.32 Å². The fourth-order valence-corrected chi connectivity index (χ4v) is 3.87. The number of nitrogens with one attached hydrogen (secondary N) is 1. The number of hydrogen-bond acceptors (Lipinski definition) is 4. The minimum atomic E-state index is 0.0575. The van der Waals surface area contributed by atoms with E-state index in [1.54, 1.807) is 11.0 Å². The van der Waals surface area contributed by atoms with E-state index in [1.807, 2.05) is 24.3 Å². The van der Waals surface area contributed by atoms with Crippen LogP contribution < -0.4 is 5.32 Å². The van der Waals surface area contributed by atoms with Gasteiger partial charge in [-0.15, -0.1) is 0 Å². The van der Waals surface area contributed by atoms with Crippen molar-refractivity contribution in [3.63, 3.8) is 0 Å². The van der Waals surface area contributed by atoms with Crippen LogP contribution in [0.5, 0.6) is 0 Å². The molecule has 28 heavy (non-hydrogen) atoms. The van der Waals surface area contributed by atoms with E-state index in [2.05, 4.69) is 50.6 Å². The van der Waals surface area contributed by atoms with Crippen LogP contribution in [0.25, 0.3) is 5.69 Å². The van der Waals surface area contributed by atoms with E-state index in [4.69, 9.17) is 0 Å². The first-order chi connectivity index (χ1) is 13.8. The average molecular weight is 375 g/mol. The molecule has 0 saturated carbocycles. The largest absolute Gasteiger partial charge is 0.351 e. The van der Waals surface area contributed by atoms with Crippen LogP contribution in [0.1, 0.15) is 29.9 Å². The maximum absolute atomic E-state index is 12.5. The zero-order valence-corrected chi connectivity index (χ0v) is 15.9. The molecule has 144 valence electrons. The van der Waals surface area contributed by atoms with Crippen molar-refractivity contribution < 1.29 is 4.79 Å². The average Bonchev–Trinajstić information content (AvgIpc) is 3.28. The summed E-state index contributed by atoms with van der Waals surface area (Å²) in [5, 5.41) is 7.25. The van der Waals surface area contributed by atoms with Crippen molar-refractivity contribution in [3.05, 3.63) is 78.4 Å². The first kappa shape index (κ1) is 18.4. The van der Waals surface area contributed by atoms with Crippen molar-refractivity contribution in [3.8, 4) is 5.69 Å². The highest BCUT2D eigenvalue weighted by molar-refractivity contribution is 5.78. The van der Waals surface area contributed by atoms with Crippen molar-refractivity contribution >= 4 is 5.91 Å². The fourth-order valence-electron chi connectivity index (χ4n) is 3.87. The van der Waals surface area contributed by atoms with E-state index < -0.39 is 0 Å². The van der Waals surface area contributed by atoms with Crippen molar-refractivity contribution in [1.29, 1.82) is 0 Å². The highest BCUT2D eigenvalue weighted by atomic mass is 16.2. The smallest absolute Gasteiger partial charge is 0.234 e. The number of hydrogen-bond donors (Lipinski definition) is 1. The SMILES string of the molecule is O=C(CN1CCC[C@@H](c2ccccc2)C1)NCc1ccccc1-n1cncn1. The van der Waals surface area contributed by atoms with E-state index in [0.29, 0.717) is 19.0 Å². The van der Waals surface area contributed by atoms with Gasteiger partial charge in [-0.3, -0.25) is 9.69 Å². The highest BCUT2D eigenvalue weighted by Crippen LogP contribution is 2.26. The summed E-state index contributed by atoms with van der Waals surface area (Å²) in [5.41, 5.74) is 3.32. The van der Waals surface area contributed by atoms with Crippen molar-refractivity contribution in [2.24, 2.45) is 0 Å². The number of amides is 1. The Hall–Kier alpha value is -2.99. The Balaban J connectivity index is 1.33. The molecule has 0 spiro atoms. The van der Waals surface area contributed by atoms with Gasteiger partial charge in [0.1, 0.15) is 12.7 Å². The molecule has 1 N–H and O–H groups in total. The standard InChI is InChI=1S/C22H25N5O/c28-22(15-26-12-6-10-20(14-26)18-7-2-1-3-8-18)24-13-19-9-4-5-11-21(19)27-17-23-16-25-27/h1-5,7-9,11,16-17,20H,6,10,12-15H2,(H,24,28)/t20-/m1/s1. The second-order valence-electron chi connectivity index (χ2n) is 7.23. The second-order valence-corrected chi connectivity index (χ2v) is 7.23. The van der Waals surface area contributed by atoms with E-state index in [1.165, 1.54) is 18.3 Å². The lowest BCUT2D eigenvalue weighted by molar-refractivity contribution is -0.122. The maximum atomic E-state index is 12.5. The Morgan fingerprint density at radius 2 is 1.93 bits per heavy atom. The van der Waals surface area contributed by atoms with E-state index in [9.17, 15) is 4.79 Å². The van der Waals surface area contributed by atoms with Gasteiger partial charge in [-0.1, -0.05) is 48.5 Å². The molecular formula is C22H25N5O. The van der Waals surface area contributed by atoms with Gasteiger partial charge in [-0.25, -0.2) is 9.67 Å². The van der Waals surface area contributed by atoms with Gasteiger partial charge in [0.25, 0.3) is 0 Å². The lowest BCUT2D eigenvalue weighted by Crippen LogP contribution is -2.41. The van der Waals surface area contributed by atoms with Gasteiger partial charge >= 0.3 is 0 Å². The fraction of sp³-hybridized carbons (Fsp3) is 0.318. The van der Waals surface area contributed by atoms with Crippen LogP contribution in [0.3, 0.4) is 0 Å². The molecule has 1 fully saturated rings. The van der Waals surface area contributed by atoms with Crippen LogP contribution in [0.2, 0.25) is 0 Å². The molecule has 0 unspecified atom stereocenters. The Morgan fingerprint density at radius 3 is 2.75 bits per heavy atom. The first-order valence-corrected chi connectivity index (χ1v) is 9.76. The van der Waals surface area contributed by atoms with Crippen molar-refractivity contribution in [1.82, 2.24) is 25.0 Å². The van der Waals surface area contributed by atoms with Gasteiger partial charge in [0.2, 0.25) is 5.91 Å². The first-order valence-electron chi connectivity index (χ1n) is 9.76. The molecule has 0 radical (unpaired) electrons. The summed E-state index contributed by atoms with van der Waals surface area (Å²) in [7, 11) is 0. The summed E-state index contributed by atoms with van der Waals surface area (Å²) in [6.45, 7) is 2.83. The van der Waals surface area contributed by atoms with E-state index in [0.717, 1.165) is 30.8 Å². The number of piperidine rings is 1. The lowest BCUT2D eigenvalue weighted by atomic mass is 9.91. The van der Waals surface area contributed by atoms with Crippen LogP contribution in [-0.4, -0.2) is 45.2 Å². The van der Waals surface area contributed by atoms with Crippen LogP contribution in [-0.2, 0) is 11.3 Å². The number of rotatable bonds is 6. The topological polar surface area (TPSA) is 63.1 Å².